The van der Waals surface area contributed by atoms with E-state index in [2.05, 4.69) is 199 Å². The summed E-state index contributed by atoms with van der Waals surface area (Å²) in [6.07, 6.45) is 0. The molecule has 0 aliphatic heterocycles. The molecule has 0 N–H and O–H groups in total. The van der Waals surface area contributed by atoms with Crippen molar-refractivity contribution >= 4 is 54.3 Å². The van der Waals surface area contributed by atoms with Gasteiger partial charge >= 0.3 is 0 Å². The first kappa shape index (κ1) is 30.5. The van der Waals surface area contributed by atoms with E-state index in [1.54, 1.807) is 0 Å². The predicted molar refractivity (Wildman–Crippen MR) is 227 cm³/mol. The molecule has 0 saturated carbocycles. The Morgan fingerprint density at radius 1 is 0.278 bits per heavy atom. The van der Waals surface area contributed by atoms with E-state index < -0.39 is 0 Å². The molecule has 0 spiro atoms. The van der Waals surface area contributed by atoms with Crippen LogP contribution in [0.25, 0.3) is 105 Å². The van der Waals surface area contributed by atoms with Gasteiger partial charge in [0.05, 0.1) is 11.0 Å². The van der Waals surface area contributed by atoms with Gasteiger partial charge in [0.25, 0.3) is 0 Å². The second-order valence-electron chi connectivity index (χ2n) is 14.0. The smallest absolute Gasteiger partial charge is 0.143 e. The van der Waals surface area contributed by atoms with Gasteiger partial charge in [0.1, 0.15) is 11.3 Å². The minimum atomic E-state index is 0.876. The normalized spacial score (nSPS) is 11.7. The van der Waals surface area contributed by atoms with E-state index >= 15 is 0 Å². The maximum Gasteiger partial charge on any atom is 0.143 e. The van der Waals surface area contributed by atoms with Crippen molar-refractivity contribution < 1.29 is 4.42 Å². The zero-order chi connectivity index (χ0) is 35.6. The lowest BCUT2D eigenvalue weighted by atomic mass is 9.85. The summed E-state index contributed by atoms with van der Waals surface area (Å²) in [4.78, 5) is 0. The highest BCUT2D eigenvalue weighted by atomic mass is 16.3. The molecule has 0 aliphatic carbocycles. The average molecular weight is 688 g/mol. The summed E-state index contributed by atoms with van der Waals surface area (Å²) in [6, 6.07) is 72.0. The second kappa shape index (κ2) is 12.2. The van der Waals surface area contributed by atoms with E-state index in [-0.39, 0.29) is 0 Å². The number of rotatable bonds is 5. The van der Waals surface area contributed by atoms with Crippen molar-refractivity contribution in [3.8, 4) is 50.4 Å². The highest BCUT2D eigenvalue weighted by molar-refractivity contribution is 6.21. The quantitative estimate of drug-likeness (QED) is 0.165. The summed E-state index contributed by atoms with van der Waals surface area (Å²) < 4.78 is 9.04. The molecular formula is C52H33NO. The van der Waals surface area contributed by atoms with Gasteiger partial charge in [-0.3, -0.25) is 0 Å². The zero-order valence-electron chi connectivity index (χ0n) is 29.4. The van der Waals surface area contributed by atoms with Gasteiger partial charge in [0.15, 0.2) is 0 Å². The lowest BCUT2D eigenvalue weighted by Gasteiger charge is -2.18. The third-order valence-electron chi connectivity index (χ3n) is 11.0. The fraction of sp³-hybridized carbons (Fsp3) is 0. The Kier molecular flexibility index (Phi) is 6.90. The van der Waals surface area contributed by atoms with Crippen molar-refractivity contribution in [2.24, 2.45) is 0 Å². The number of furan rings is 1. The molecule has 11 rings (SSSR count). The lowest BCUT2D eigenvalue weighted by Crippen LogP contribution is -1.93. The monoisotopic (exact) mass is 687 g/mol. The Bertz CT molecular complexity index is 3070. The van der Waals surface area contributed by atoms with Crippen molar-refractivity contribution in [3.63, 3.8) is 0 Å². The molecule has 0 atom stereocenters. The van der Waals surface area contributed by atoms with Crippen molar-refractivity contribution in [2.75, 3.05) is 0 Å². The molecule has 0 amide bonds. The van der Waals surface area contributed by atoms with Gasteiger partial charge in [-0.2, -0.15) is 0 Å². The number of hydrogen-bond acceptors (Lipinski definition) is 1. The van der Waals surface area contributed by atoms with Crippen LogP contribution in [0.15, 0.2) is 205 Å². The van der Waals surface area contributed by atoms with E-state index in [9.17, 15) is 0 Å². The standard InChI is InChI=1S/C52H33NO/c1-2-14-34(15-3-1)49-41-18-4-6-20-43(41)50(44-21-7-5-19-42(44)49)35-26-28-36(29-27-35)51-45-22-10-13-25-48(45)54-52(51)37-30-32-38(33-31-37)53-46-23-11-8-16-39(46)40-17-9-12-24-47(40)53/h1-33H. The highest BCUT2D eigenvalue weighted by Gasteiger charge is 2.20. The minimum absolute atomic E-state index is 0.876. The van der Waals surface area contributed by atoms with E-state index in [1.165, 1.54) is 65.6 Å². The van der Waals surface area contributed by atoms with Crippen LogP contribution >= 0.6 is 0 Å². The first-order chi connectivity index (χ1) is 26.8. The summed E-state index contributed by atoms with van der Waals surface area (Å²) in [5, 5.41) is 8.64. The zero-order valence-corrected chi connectivity index (χ0v) is 29.4. The molecule has 2 heterocycles. The van der Waals surface area contributed by atoms with Crippen LogP contribution < -0.4 is 0 Å². The van der Waals surface area contributed by atoms with Crippen molar-refractivity contribution in [1.29, 1.82) is 0 Å². The lowest BCUT2D eigenvalue weighted by molar-refractivity contribution is 0.632. The number of aromatic nitrogens is 1. The molecule has 2 heteroatoms. The summed E-state index contributed by atoms with van der Waals surface area (Å²) in [7, 11) is 0. The van der Waals surface area contributed by atoms with Gasteiger partial charge in [-0.25, -0.2) is 0 Å². The largest absolute Gasteiger partial charge is 0.455 e. The van der Waals surface area contributed by atoms with Crippen molar-refractivity contribution in [3.05, 3.63) is 200 Å². The van der Waals surface area contributed by atoms with Crippen LogP contribution in [-0.4, -0.2) is 4.57 Å². The van der Waals surface area contributed by atoms with Gasteiger partial charge in [0, 0.05) is 33.0 Å². The molecule has 0 aliphatic rings. The number of nitrogens with zero attached hydrogens (tertiary/aromatic N) is 1. The van der Waals surface area contributed by atoms with Crippen molar-refractivity contribution in [1.82, 2.24) is 4.57 Å². The molecule has 0 saturated heterocycles. The van der Waals surface area contributed by atoms with Gasteiger partial charge in [-0.15, -0.1) is 0 Å². The van der Waals surface area contributed by atoms with Crippen LogP contribution in [0, 0.1) is 0 Å². The molecule has 0 bridgehead atoms. The van der Waals surface area contributed by atoms with Crippen LogP contribution in [-0.2, 0) is 0 Å². The summed E-state index contributed by atoms with van der Waals surface area (Å²) in [5.74, 6) is 0.876. The predicted octanol–water partition coefficient (Wildman–Crippen LogP) is 14.5. The molecule has 0 unspecified atom stereocenters. The van der Waals surface area contributed by atoms with Gasteiger partial charge in [0.2, 0.25) is 0 Å². The van der Waals surface area contributed by atoms with Gasteiger partial charge in [-0.1, -0.05) is 158 Å². The van der Waals surface area contributed by atoms with Gasteiger partial charge in [-0.05, 0) is 91.8 Å². The van der Waals surface area contributed by atoms with Crippen LogP contribution in [0.3, 0.4) is 0 Å². The Morgan fingerprint density at radius 2 is 0.667 bits per heavy atom. The Morgan fingerprint density at radius 3 is 1.20 bits per heavy atom. The van der Waals surface area contributed by atoms with Crippen LogP contribution in [0.1, 0.15) is 0 Å². The first-order valence-electron chi connectivity index (χ1n) is 18.5. The van der Waals surface area contributed by atoms with E-state index in [0.717, 1.165) is 39.1 Å². The number of benzene rings is 9. The Hall–Kier alpha value is -7.16. The minimum Gasteiger partial charge on any atom is -0.455 e. The SMILES string of the molecule is c1ccc(-c2c3ccccc3c(-c3ccc(-c4c(-c5ccc(-n6c7ccccc7c7ccccc76)cc5)oc5ccccc45)cc3)c3ccccc23)cc1. The number of hydrogen-bond donors (Lipinski definition) is 0. The van der Waals surface area contributed by atoms with E-state index in [4.69, 9.17) is 4.42 Å². The van der Waals surface area contributed by atoms with Crippen molar-refractivity contribution in [2.45, 2.75) is 0 Å². The third-order valence-corrected chi connectivity index (χ3v) is 11.0. The maximum absolute atomic E-state index is 6.69. The highest BCUT2D eigenvalue weighted by Crippen LogP contribution is 2.46. The molecule has 0 radical (unpaired) electrons. The van der Waals surface area contributed by atoms with Crippen LogP contribution in [0.2, 0.25) is 0 Å². The molecular weight excluding hydrogens is 655 g/mol. The van der Waals surface area contributed by atoms with Crippen LogP contribution in [0.5, 0.6) is 0 Å². The molecule has 0 fully saturated rings. The average Bonchev–Trinajstić information content (AvgIpc) is 3.80. The maximum atomic E-state index is 6.69. The Labute approximate surface area is 312 Å². The summed E-state index contributed by atoms with van der Waals surface area (Å²) >= 11 is 0. The second-order valence-corrected chi connectivity index (χ2v) is 14.0. The Balaban J connectivity index is 1.05. The number of para-hydroxylation sites is 3. The van der Waals surface area contributed by atoms with E-state index in [1.807, 2.05) is 6.07 Å². The van der Waals surface area contributed by atoms with E-state index in [0.29, 0.717) is 0 Å². The third kappa shape index (κ3) is 4.67. The molecule has 54 heavy (non-hydrogen) atoms. The topological polar surface area (TPSA) is 18.1 Å². The van der Waals surface area contributed by atoms with Crippen LogP contribution in [0.4, 0.5) is 0 Å². The summed E-state index contributed by atoms with van der Waals surface area (Å²) in [5.41, 5.74) is 12.6. The molecule has 2 aromatic heterocycles. The molecule has 252 valence electrons. The molecule has 2 nitrogen and oxygen atoms in total. The molecule has 11 aromatic rings. The first-order valence-corrected chi connectivity index (χ1v) is 18.5. The number of fused-ring (bicyclic) bond motifs is 6. The fourth-order valence-electron chi connectivity index (χ4n) is 8.66. The fourth-order valence-corrected chi connectivity index (χ4v) is 8.66. The molecule has 9 aromatic carbocycles. The van der Waals surface area contributed by atoms with Gasteiger partial charge < -0.3 is 8.98 Å². The summed E-state index contributed by atoms with van der Waals surface area (Å²) in [6.45, 7) is 0.